The number of benzene rings is 1. The van der Waals surface area contributed by atoms with Crippen LogP contribution in [-0.2, 0) is 14.3 Å². The molecule has 4 N–H and O–H groups in total. The Balaban J connectivity index is 2.08. The number of hydrazine groups is 1. The third-order valence-electron chi connectivity index (χ3n) is 7.01. The van der Waals surface area contributed by atoms with E-state index in [9.17, 15) is 9.59 Å². The highest BCUT2D eigenvalue weighted by Crippen LogP contribution is 2.54. The van der Waals surface area contributed by atoms with Crippen molar-refractivity contribution in [1.29, 1.82) is 0 Å². The Bertz CT molecular complexity index is 1320. The van der Waals surface area contributed by atoms with E-state index in [1.807, 2.05) is 0 Å². The number of anilines is 2. The van der Waals surface area contributed by atoms with Crippen molar-refractivity contribution in [2.24, 2.45) is 0 Å². The second-order valence-electron chi connectivity index (χ2n) is 8.90. The van der Waals surface area contributed by atoms with E-state index in [0.29, 0.717) is 27.8 Å². The Labute approximate surface area is 208 Å². The van der Waals surface area contributed by atoms with Crippen LogP contribution >= 0.6 is 0 Å². The number of nitrogens with two attached hydrogens (primary N) is 2. The molecule has 190 valence electrons. The van der Waals surface area contributed by atoms with Crippen LogP contribution < -0.4 is 11.5 Å². The number of esters is 1. The summed E-state index contributed by atoms with van der Waals surface area (Å²) < 4.78 is 42.5. The predicted molar refractivity (Wildman–Crippen MR) is 134 cm³/mol. The quantitative estimate of drug-likeness (QED) is 0.366. The summed E-state index contributed by atoms with van der Waals surface area (Å²) in [6.07, 6.45) is -0.654. The number of allylic oxidation sites excluding steroid dienone is 4. The molecule has 1 saturated heterocycles. The molecule has 3 aliphatic rings. The van der Waals surface area contributed by atoms with Crippen LogP contribution in [0.4, 0.5) is 25.0 Å². The van der Waals surface area contributed by atoms with Gasteiger partial charge in [0.15, 0.2) is 5.82 Å². The highest BCUT2D eigenvalue weighted by atomic mass is 19.1. The lowest BCUT2D eigenvalue weighted by molar-refractivity contribution is -0.138. The van der Waals surface area contributed by atoms with E-state index in [1.54, 1.807) is 41.6 Å². The summed E-state index contributed by atoms with van der Waals surface area (Å²) in [5, 5.41) is 1.45. The third kappa shape index (κ3) is 3.44. The number of likely N-dealkylation sites (N-methyl/N-ethyl adjacent to an activating group) is 1. The molecule has 1 unspecified atom stereocenters. The molecule has 0 aromatic heterocycles. The van der Waals surface area contributed by atoms with Crippen molar-refractivity contribution in [2.75, 3.05) is 31.7 Å². The molecule has 1 amide bonds. The molecule has 36 heavy (non-hydrogen) atoms. The lowest BCUT2D eigenvalue weighted by Gasteiger charge is -2.31. The molecule has 4 rings (SSSR count). The molecule has 1 aliphatic heterocycles. The molecule has 2 aliphatic carbocycles. The maximum absolute atomic E-state index is 16.4. The van der Waals surface area contributed by atoms with Crippen molar-refractivity contribution in [1.82, 2.24) is 9.93 Å². The van der Waals surface area contributed by atoms with Gasteiger partial charge in [-0.05, 0) is 67.6 Å². The number of fused-ring (bicyclic) bond motifs is 2. The van der Waals surface area contributed by atoms with E-state index in [-0.39, 0.29) is 41.3 Å². The molecule has 1 aromatic rings. The number of rotatable bonds is 4. The summed E-state index contributed by atoms with van der Waals surface area (Å²) in [5.41, 5.74) is 14.1. The maximum atomic E-state index is 16.4. The number of ether oxygens (including phenoxy) is 2. The summed E-state index contributed by atoms with van der Waals surface area (Å²) in [4.78, 5) is 27.0. The smallest absolute Gasteiger partial charge is 0.412 e. The van der Waals surface area contributed by atoms with Crippen molar-refractivity contribution >= 4 is 35.9 Å². The van der Waals surface area contributed by atoms with Gasteiger partial charge in [0.2, 0.25) is 0 Å². The minimum absolute atomic E-state index is 0.0690. The molecule has 1 fully saturated rings. The molecular weight excluding hydrogens is 469 g/mol. The monoisotopic (exact) mass is 498 g/mol. The van der Waals surface area contributed by atoms with Crippen LogP contribution in [0.2, 0.25) is 6.82 Å². The Kier molecular flexibility index (Phi) is 6.46. The van der Waals surface area contributed by atoms with Crippen LogP contribution in [0, 0.1) is 5.82 Å². The van der Waals surface area contributed by atoms with Gasteiger partial charge < -0.3 is 20.9 Å². The Morgan fingerprint density at radius 3 is 2.28 bits per heavy atom. The van der Waals surface area contributed by atoms with Crippen LogP contribution in [0.5, 0.6) is 0 Å². The zero-order chi connectivity index (χ0) is 26.6. The number of nitrogen functional groups attached to an aromatic ring is 2. The molecule has 0 bridgehead atoms. The second kappa shape index (κ2) is 9.13. The number of nitrogens with zero attached hydrogens (tertiary/aromatic N) is 2. The second-order valence-corrected chi connectivity index (χ2v) is 8.90. The van der Waals surface area contributed by atoms with Crippen LogP contribution in [0.25, 0.3) is 5.57 Å². The van der Waals surface area contributed by atoms with Gasteiger partial charge in [-0.15, -0.1) is 0 Å². The van der Waals surface area contributed by atoms with E-state index in [4.69, 9.17) is 20.9 Å². The van der Waals surface area contributed by atoms with Gasteiger partial charge in [0, 0.05) is 18.2 Å². The number of hydrogen-bond acceptors (Lipinski definition) is 7. The van der Waals surface area contributed by atoms with Gasteiger partial charge in [0.1, 0.15) is 5.83 Å². The van der Waals surface area contributed by atoms with Crippen LogP contribution in [0.1, 0.15) is 33.3 Å². The molecule has 8 nitrogen and oxygen atoms in total. The zero-order valence-corrected chi connectivity index (χ0v) is 21.2. The molecule has 1 aromatic carbocycles. The minimum atomic E-state index is -1.03. The molecule has 0 radical (unpaired) electrons. The first kappa shape index (κ1) is 25.5. The van der Waals surface area contributed by atoms with Crippen molar-refractivity contribution in [3.05, 3.63) is 62.7 Å². The van der Waals surface area contributed by atoms with E-state index < -0.39 is 36.6 Å². The van der Waals surface area contributed by atoms with Gasteiger partial charge in [-0.1, -0.05) is 6.82 Å². The van der Waals surface area contributed by atoms with Crippen LogP contribution in [0.15, 0.2) is 51.3 Å². The topological polar surface area (TPSA) is 111 Å². The van der Waals surface area contributed by atoms with E-state index >= 15 is 8.78 Å². The molecular formula is C25H29BF2N4O4. The van der Waals surface area contributed by atoms with E-state index in [2.05, 4.69) is 0 Å². The largest absolute Gasteiger partial charge is 0.462 e. The van der Waals surface area contributed by atoms with Crippen molar-refractivity contribution in [3.63, 3.8) is 0 Å². The van der Waals surface area contributed by atoms with Crippen molar-refractivity contribution < 1.29 is 27.8 Å². The molecule has 1 heterocycles. The highest BCUT2D eigenvalue weighted by molar-refractivity contribution is 6.67. The predicted octanol–water partition coefficient (Wildman–Crippen LogP) is 4.04. The number of carbonyl (C=O) groups excluding carboxylic acids is 2. The molecule has 1 atom stereocenters. The molecule has 0 spiro atoms. The Morgan fingerprint density at radius 1 is 1.03 bits per heavy atom. The van der Waals surface area contributed by atoms with E-state index in [1.165, 1.54) is 22.1 Å². The number of halogens is 2. The van der Waals surface area contributed by atoms with Gasteiger partial charge in [-0.3, -0.25) is 4.92 Å². The fraction of sp³-hybridized carbons (Fsp3) is 0.360. The SMILES string of the molecule is CCOC(=O)C1=C(C)C2=C(F)C3C(=C(c4ccc(N)c(N)c4F)C2=C1C)B(C)N(C(=O)OCC)N3C. The Hall–Kier alpha value is -3.60. The van der Waals surface area contributed by atoms with Crippen molar-refractivity contribution in [2.45, 2.75) is 40.6 Å². The molecule has 11 heteroatoms. The van der Waals surface area contributed by atoms with Gasteiger partial charge in [0.25, 0.3) is 0 Å². The standard InChI is InChI=1S/C25H29BF2N4O4/c1-7-35-24(33)15-11(3)16-17(12(15)4)21(28)23-19(26(5)32(31(23)6)25(34)36-8-2)18(16)13-9-10-14(29)22(30)20(13)27/h9-10,23H,7-8,29-30H2,1-6H3. The average Bonchev–Trinajstić information content (AvgIpc) is 3.24. The van der Waals surface area contributed by atoms with Crippen LogP contribution in [0.3, 0.4) is 0 Å². The summed E-state index contributed by atoms with van der Waals surface area (Å²) in [6, 6.07) is 1.94. The molecule has 0 saturated carbocycles. The van der Waals surface area contributed by atoms with Crippen LogP contribution in [-0.4, -0.2) is 55.1 Å². The number of amides is 1. The minimum Gasteiger partial charge on any atom is -0.462 e. The first-order valence-corrected chi connectivity index (χ1v) is 11.8. The zero-order valence-electron chi connectivity index (χ0n) is 21.2. The number of carbonyl (C=O) groups is 2. The van der Waals surface area contributed by atoms with Gasteiger partial charge in [0.05, 0.1) is 36.2 Å². The lowest BCUT2D eigenvalue weighted by atomic mass is 9.52. The lowest BCUT2D eigenvalue weighted by Crippen LogP contribution is -2.46. The van der Waals surface area contributed by atoms with Gasteiger partial charge >= 0.3 is 18.9 Å². The summed E-state index contributed by atoms with van der Waals surface area (Å²) in [5.74, 6) is -1.90. The normalized spacial score (nSPS) is 19.9. The Morgan fingerprint density at radius 2 is 1.67 bits per heavy atom. The summed E-state index contributed by atoms with van der Waals surface area (Å²) in [6.45, 7) is 7.98. The highest BCUT2D eigenvalue weighted by Gasteiger charge is 2.53. The first-order valence-electron chi connectivity index (χ1n) is 11.8. The summed E-state index contributed by atoms with van der Waals surface area (Å²) >= 11 is 0. The average molecular weight is 498 g/mol. The first-order chi connectivity index (χ1) is 17.0. The third-order valence-corrected chi connectivity index (χ3v) is 7.01. The van der Waals surface area contributed by atoms with E-state index in [0.717, 1.165) is 0 Å². The fourth-order valence-electron chi connectivity index (χ4n) is 5.48. The van der Waals surface area contributed by atoms with Gasteiger partial charge in [-0.2, -0.15) is 0 Å². The van der Waals surface area contributed by atoms with Crippen molar-refractivity contribution in [3.8, 4) is 0 Å². The fourth-order valence-corrected chi connectivity index (χ4v) is 5.48. The summed E-state index contributed by atoms with van der Waals surface area (Å²) in [7, 11) is 1.57. The number of hydrogen-bond donors (Lipinski definition) is 2. The maximum Gasteiger partial charge on any atom is 0.412 e. The van der Waals surface area contributed by atoms with Gasteiger partial charge in [-0.25, -0.2) is 23.4 Å².